The fraction of sp³-hybridized carbons (Fsp3) is 0.278. The number of benzene rings is 1. The third-order valence-electron chi connectivity index (χ3n) is 4.09. The molecule has 0 radical (unpaired) electrons. The molecule has 6 nitrogen and oxygen atoms in total. The van der Waals surface area contributed by atoms with Crippen molar-refractivity contribution in [1.29, 1.82) is 5.26 Å². The number of fused-ring (bicyclic) bond motifs is 1. The number of nitrogens with one attached hydrogen (secondary N) is 1. The SMILES string of the molecule is CCOC(=O)N1CCc2c(sc(NC(=O)c3cc(Br)ccc3Cl)c2C#N)C1. The van der Waals surface area contributed by atoms with E-state index in [1.807, 2.05) is 0 Å². The van der Waals surface area contributed by atoms with E-state index in [1.54, 1.807) is 30.0 Å². The Balaban J connectivity index is 1.86. The molecule has 140 valence electrons. The van der Waals surface area contributed by atoms with Crippen LogP contribution in [-0.2, 0) is 17.7 Å². The van der Waals surface area contributed by atoms with E-state index in [2.05, 4.69) is 27.3 Å². The van der Waals surface area contributed by atoms with E-state index in [0.717, 1.165) is 14.9 Å². The van der Waals surface area contributed by atoms with Crippen molar-refractivity contribution in [2.45, 2.75) is 19.9 Å². The smallest absolute Gasteiger partial charge is 0.410 e. The zero-order chi connectivity index (χ0) is 19.6. The summed E-state index contributed by atoms with van der Waals surface area (Å²) >= 11 is 10.7. The van der Waals surface area contributed by atoms with Crippen LogP contribution < -0.4 is 5.32 Å². The minimum atomic E-state index is -0.390. The predicted molar refractivity (Wildman–Crippen MR) is 107 cm³/mol. The quantitative estimate of drug-likeness (QED) is 0.701. The van der Waals surface area contributed by atoms with E-state index >= 15 is 0 Å². The Bertz CT molecular complexity index is 954. The molecule has 0 spiro atoms. The zero-order valence-electron chi connectivity index (χ0n) is 14.3. The lowest BCUT2D eigenvalue weighted by Gasteiger charge is -2.25. The number of anilines is 1. The van der Waals surface area contributed by atoms with Crippen LogP contribution in [0, 0.1) is 11.3 Å². The van der Waals surface area contributed by atoms with E-state index in [-0.39, 0.29) is 6.09 Å². The van der Waals surface area contributed by atoms with E-state index in [9.17, 15) is 14.9 Å². The molecule has 0 aliphatic carbocycles. The fourth-order valence-electron chi connectivity index (χ4n) is 2.82. The van der Waals surface area contributed by atoms with Gasteiger partial charge in [0.15, 0.2) is 0 Å². The Labute approximate surface area is 173 Å². The summed E-state index contributed by atoms with van der Waals surface area (Å²) in [5.74, 6) is -0.390. The highest BCUT2D eigenvalue weighted by molar-refractivity contribution is 9.10. The first-order valence-electron chi connectivity index (χ1n) is 8.17. The Hall–Kier alpha value is -2.08. The van der Waals surface area contributed by atoms with Crippen LogP contribution in [0.4, 0.5) is 9.80 Å². The van der Waals surface area contributed by atoms with Gasteiger partial charge in [0.25, 0.3) is 5.91 Å². The highest BCUT2D eigenvalue weighted by Crippen LogP contribution is 2.37. The Morgan fingerprint density at radius 2 is 2.26 bits per heavy atom. The Morgan fingerprint density at radius 3 is 2.96 bits per heavy atom. The van der Waals surface area contributed by atoms with Crippen molar-refractivity contribution in [3.63, 3.8) is 0 Å². The molecule has 2 aromatic rings. The topological polar surface area (TPSA) is 82.4 Å². The number of hydrogen-bond acceptors (Lipinski definition) is 5. The number of hydrogen-bond donors (Lipinski definition) is 1. The Kier molecular flexibility index (Phi) is 6.05. The van der Waals surface area contributed by atoms with Crippen molar-refractivity contribution in [3.05, 3.63) is 49.3 Å². The van der Waals surface area contributed by atoms with Crippen LogP contribution in [0.25, 0.3) is 0 Å². The molecule has 0 saturated carbocycles. The van der Waals surface area contributed by atoms with Crippen LogP contribution in [0.2, 0.25) is 5.02 Å². The summed E-state index contributed by atoms with van der Waals surface area (Å²) in [5.41, 5.74) is 1.63. The average Bonchev–Trinajstić information content (AvgIpc) is 2.99. The molecular weight excluding hydrogens is 454 g/mol. The number of carbonyl (C=O) groups is 2. The van der Waals surface area contributed by atoms with E-state index in [0.29, 0.717) is 47.3 Å². The lowest BCUT2D eigenvalue weighted by molar-refractivity contribution is 0.102. The second-order valence-corrected chi connectivity index (χ2v) is 8.20. The highest BCUT2D eigenvalue weighted by atomic mass is 79.9. The molecule has 0 atom stereocenters. The number of nitrogens with zero attached hydrogens (tertiary/aromatic N) is 2. The maximum atomic E-state index is 12.6. The maximum Gasteiger partial charge on any atom is 0.410 e. The molecule has 0 bridgehead atoms. The fourth-order valence-corrected chi connectivity index (χ4v) is 4.60. The molecule has 1 aliphatic rings. The van der Waals surface area contributed by atoms with Crippen LogP contribution in [-0.4, -0.2) is 30.1 Å². The largest absolute Gasteiger partial charge is 0.450 e. The van der Waals surface area contributed by atoms with Crippen LogP contribution in [0.3, 0.4) is 0 Å². The van der Waals surface area contributed by atoms with Crippen molar-refractivity contribution in [1.82, 2.24) is 4.90 Å². The predicted octanol–water partition coefficient (Wildman–Crippen LogP) is 4.80. The summed E-state index contributed by atoms with van der Waals surface area (Å²) in [4.78, 5) is 27.1. The molecule has 9 heteroatoms. The number of halogens is 2. The molecule has 0 unspecified atom stereocenters. The van der Waals surface area contributed by atoms with E-state index in [1.165, 1.54) is 11.3 Å². The third-order valence-corrected chi connectivity index (χ3v) is 6.05. The maximum absolute atomic E-state index is 12.6. The van der Waals surface area contributed by atoms with Gasteiger partial charge in [-0.05, 0) is 37.1 Å². The zero-order valence-corrected chi connectivity index (χ0v) is 17.5. The van der Waals surface area contributed by atoms with Gasteiger partial charge in [-0.3, -0.25) is 4.79 Å². The molecule has 1 aromatic heterocycles. The normalized spacial score (nSPS) is 12.9. The molecule has 2 heterocycles. The number of amides is 2. The van der Waals surface area contributed by atoms with Crippen molar-refractivity contribution < 1.29 is 14.3 Å². The van der Waals surface area contributed by atoms with Crippen LogP contribution >= 0.6 is 38.9 Å². The molecular formula is C18H15BrClN3O3S. The molecule has 3 rings (SSSR count). The van der Waals surface area contributed by atoms with Gasteiger partial charge in [0.1, 0.15) is 11.1 Å². The van der Waals surface area contributed by atoms with Gasteiger partial charge in [-0.25, -0.2) is 4.79 Å². The lowest BCUT2D eigenvalue weighted by Crippen LogP contribution is -2.35. The summed E-state index contributed by atoms with van der Waals surface area (Å²) in [7, 11) is 0. The van der Waals surface area contributed by atoms with Gasteiger partial charge < -0.3 is 15.0 Å². The van der Waals surface area contributed by atoms with Crippen LogP contribution in [0.5, 0.6) is 0 Å². The number of rotatable bonds is 3. The van der Waals surface area contributed by atoms with Gasteiger partial charge in [0.05, 0.1) is 29.3 Å². The molecule has 27 heavy (non-hydrogen) atoms. The minimum Gasteiger partial charge on any atom is -0.450 e. The number of ether oxygens (including phenoxy) is 1. The van der Waals surface area contributed by atoms with Crippen molar-refractivity contribution in [2.75, 3.05) is 18.5 Å². The second kappa shape index (κ2) is 8.30. The van der Waals surface area contributed by atoms with Gasteiger partial charge in [0.2, 0.25) is 0 Å². The second-order valence-electron chi connectivity index (χ2n) is 5.77. The van der Waals surface area contributed by atoms with Gasteiger partial charge in [-0.1, -0.05) is 27.5 Å². The molecule has 1 aliphatic heterocycles. The van der Waals surface area contributed by atoms with Crippen molar-refractivity contribution >= 4 is 55.9 Å². The van der Waals surface area contributed by atoms with Gasteiger partial charge in [-0.2, -0.15) is 5.26 Å². The molecule has 0 saturated heterocycles. The first-order chi connectivity index (χ1) is 12.9. The van der Waals surface area contributed by atoms with E-state index in [4.69, 9.17) is 16.3 Å². The highest BCUT2D eigenvalue weighted by Gasteiger charge is 2.28. The summed E-state index contributed by atoms with van der Waals surface area (Å²) in [6.07, 6.45) is 0.169. The lowest BCUT2D eigenvalue weighted by atomic mass is 10.0. The van der Waals surface area contributed by atoms with Gasteiger partial charge in [0, 0.05) is 15.9 Å². The number of carbonyl (C=O) groups excluding carboxylic acids is 2. The van der Waals surface area contributed by atoms with E-state index < -0.39 is 5.91 Å². The summed E-state index contributed by atoms with van der Waals surface area (Å²) in [6, 6.07) is 7.17. The number of nitriles is 1. The molecule has 2 amide bonds. The average molecular weight is 469 g/mol. The van der Waals surface area contributed by atoms with Crippen LogP contribution in [0.1, 0.15) is 33.3 Å². The first-order valence-corrected chi connectivity index (χ1v) is 10.2. The van der Waals surface area contributed by atoms with Crippen molar-refractivity contribution in [2.24, 2.45) is 0 Å². The van der Waals surface area contributed by atoms with Gasteiger partial charge >= 0.3 is 6.09 Å². The summed E-state index contributed by atoms with van der Waals surface area (Å²) < 4.78 is 5.77. The minimum absolute atomic E-state index is 0.310. The third kappa shape index (κ3) is 4.10. The standard InChI is InChI=1S/C18H15BrClN3O3S/c1-2-26-18(25)23-6-5-11-13(8-21)17(27-15(11)9-23)22-16(24)12-7-10(19)3-4-14(12)20/h3-4,7H,2,5-6,9H2,1H3,(H,22,24). The van der Waals surface area contributed by atoms with Crippen LogP contribution in [0.15, 0.2) is 22.7 Å². The Morgan fingerprint density at radius 1 is 1.48 bits per heavy atom. The molecule has 1 aromatic carbocycles. The van der Waals surface area contributed by atoms with Crippen molar-refractivity contribution in [3.8, 4) is 6.07 Å². The molecule has 0 fully saturated rings. The molecule has 1 N–H and O–H groups in total. The van der Waals surface area contributed by atoms with Gasteiger partial charge in [-0.15, -0.1) is 11.3 Å². The first kappa shape index (κ1) is 19.7. The monoisotopic (exact) mass is 467 g/mol. The summed E-state index contributed by atoms with van der Waals surface area (Å²) in [5, 5.41) is 13.2. The number of thiophene rings is 1. The summed E-state index contributed by atoms with van der Waals surface area (Å²) in [6.45, 7) is 2.90.